The first-order valence-electron chi connectivity index (χ1n) is 6.44. The molecular formula is C14H21NO2. The molecule has 0 aliphatic heterocycles. The lowest BCUT2D eigenvalue weighted by atomic mass is 9.94. The van der Waals surface area contributed by atoms with Gasteiger partial charge < -0.3 is 9.67 Å². The molecule has 1 aromatic rings. The second-order valence-electron chi connectivity index (χ2n) is 5.49. The summed E-state index contributed by atoms with van der Waals surface area (Å²) in [5.74, 6) is 0. The van der Waals surface area contributed by atoms with Crippen molar-refractivity contribution in [2.24, 2.45) is 0 Å². The van der Waals surface area contributed by atoms with E-state index in [0.29, 0.717) is 11.6 Å². The van der Waals surface area contributed by atoms with E-state index >= 15 is 0 Å². The number of hydrogen-bond donors (Lipinski definition) is 1. The molecule has 1 saturated carbocycles. The van der Waals surface area contributed by atoms with Crippen LogP contribution in [0.3, 0.4) is 0 Å². The van der Waals surface area contributed by atoms with E-state index in [2.05, 4.69) is 0 Å². The van der Waals surface area contributed by atoms with Gasteiger partial charge in [0.1, 0.15) is 0 Å². The Morgan fingerprint density at radius 2 is 1.94 bits per heavy atom. The fourth-order valence-corrected chi connectivity index (χ4v) is 2.62. The van der Waals surface area contributed by atoms with Gasteiger partial charge in [-0.25, -0.2) is 0 Å². The summed E-state index contributed by atoms with van der Waals surface area (Å²) in [6.45, 7) is 3.32. The van der Waals surface area contributed by atoms with Crippen molar-refractivity contribution >= 4 is 0 Å². The summed E-state index contributed by atoms with van der Waals surface area (Å²) in [5, 5.41) is 9.98. The molecule has 1 fully saturated rings. The number of nitrogens with zero attached hydrogens (tertiary/aromatic N) is 1. The molecule has 17 heavy (non-hydrogen) atoms. The van der Waals surface area contributed by atoms with Gasteiger partial charge in [-0.15, -0.1) is 0 Å². The summed E-state index contributed by atoms with van der Waals surface area (Å²) < 4.78 is 1.81. The summed E-state index contributed by atoms with van der Waals surface area (Å²) in [6.07, 6.45) is 7.68. The summed E-state index contributed by atoms with van der Waals surface area (Å²) in [6, 6.07) is 3.91. The summed E-state index contributed by atoms with van der Waals surface area (Å²) in [7, 11) is 0. The van der Waals surface area contributed by atoms with Gasteiger partial charge in [0.2, 0.25) is 0 Å². The Bertz CT molecular complexity index is 436. The summed E-state index contributed by atoms with van der Waals surface area (Å²) in [5.41, 5.74) is -0.605. The molecule has 1 N–H and O–H groups in total. The van der Waals surface area contributed by atoms with E-state index in [1.807, 2.05) is 16.8 Å². The third-order valence-electron chi connectivity index (χ3n) is 3.60. The largest absolute Gasteiger partial charge is 0.386 e. The van der Waals surface area contributed by atoms with Crippen LogP contribution in [0, 0.1) is 0 Å². The van der Waals surface area contributed by atoms with Gasteiger partial charge in [0, 0.05) is 17.8 Å². The Morgan fingerprint density at radius 1 is 1.29 bits per heavy atom. The molecule has 0 aromatic carbocycles. The molecular weight excluding hydrogens is 214 g/mol. The lowest BCUT2D eigenvalue weighted by molar-refractivity contribution is 0.0761. The number of aliphatic hydroxyl groups is 1. The Kier molecular flexibility index (Phi) is 3.38. The van der Waals surface area contributed by atoms with Crippen LogP contribution in [-0.4, -0.2) is 9.67 Å². The summed E-state index contributed by atoms with van der Waals surface area (Å²) >= 11 is 0. The van der Waals surface area contributed by atoms with E-state index in [0.717, 1.165) is 12.8 Å². The molecule has 0 unspecified atom stereocenters. The van der Waals surface area contributed by atoms with Gasteiger partial charge in [-0.2, -0.15) is 0 Å². The van der Waals surface area contributed by atoms with E-state index < -0.39 is 5.60 Å². The Hall–Kier alpha value is -1.09. The molecule has 3 nitrogen and oxygen atoms in total. The first-order valence-corrected chi connectivity index (χ1v) is 6.44. The van der Waals surface area contributed by atoms with Crippen LogP contribution in [0.15, 0.2) is 23.1 Å². The maximum Gasteiger partial charge on any atom is 0.256 e. The predicted octanol–water partition coefficient (Wildman–Crippen LogP) is 2.58. The van der Waals surface area contributed by atoms with Crippen molar-refractivity contribution in [1.82, 2.24) is 4.57 Å². The van der Waals surface area contributed by atoms with Crippen LogP contribution >= 0.6 is 0 Å². The van der Waals surface area contributed by atoms with Gasteiger partial charge in [0.05, 0.1) is 5.60 Å². The fourth-order valence-electron chi connectivity index (χ4n) is 2.62. The predicted molar refractivity (Wildman–Crippen MR) is 68.1 cm³/mol. The van der Waals surface area contributed by atoms with Crippen molar-refractivity contribution in [3.63, 3.8) is 0 Å². The van der Waals surface area contributed by atoms with E-state index in [1.54, 1.807) is 19.9 Å². The molecule has 0 amide bonds. The van der Waals surface area contributed by atoms with Crippen molar-refractivity contribution in [1.29, 1.82) is 0 Å². The highest BCUT2D eigenvalue weighted by Gasteiger charge is 2.23. The normalized spacial score (nSPS) is 18.3. The van der Waals surface area contributed by atoms with Crippen molar-refractivity contribution in [3.05, 3.63) is 34.2 Å². The third-order valence-corrected chi connectivity index (χ3v) is 3.60. The molecule has 1 heterocycles. The lowest BCUT2D eigenvalue weighted by Gasteiger charge is -2.26. The van der Waals surface area contributed by atoms with Gasteiger partial charge >= 0.3 is 0 Å². The minimum absolute atomic E-state index is 0.0353. The van der Waals surface area contributed by atoms with Crippen LogP contribution in [0.5, 0.6) is 0 Å². The van der Waals surface area contributed by atoms with Crippen molar-refractivity contribution < 1.29 is 5.11 Å². The number of hydrogen-bond acceptors (Lipinski definition) is 2. The summed E-state index contributed by atoms with van der Waals surface area (Å²) in [4.78, 5) is 12.3. The third kappa shape index (κ3) is 2.60. The topological polar surface area (TPSA) is 42.2 Å². The zero-order valence-electron chi connectivity index (χ0n) is 10.6. The maximum atomic E-state index is 12.3. The molecule has 3 heteroatoms. The fraction of sp³-hybridized carbons (Fsp3) is 0.643. The van der Waals surface area contributed by atoms with Crippen molar-refractivity contribution in [3.8, 4) is 0 Å². The molecule has 1 aromatic heterocycles. The van der Waals surface area contributed by atoms with Crippen molar-refractivity contribution in [2.75, 3.05) is 0 Å². The zero-order valence-corrected chi connectivity index (χ0v) is 10.6. The Labute approximate surface area is 102 Å². The second-order valence-corrected chi connectivity index (χ2v) is 5.49. The molecule has 0 radical (unpaired) electrons. The highest BCUT2D eigenvalue weighted by Crippen LogP contribution is 2.27. The molecule has 0 spiro atoms. The quantitative estimate of drug-likeness (QED) is 0.856. The number of rotatable bonds is 2. The van der Waals surface area contributed by atoms with Gasteiger partial charge in [0.15, 0.2) is 0 Å². The monoisotopic (exact) mass is 235 g/mol. The average Bonchev–Trinajstić information content (AvgIpc) is 2.29. The highest BCUT2D eigenvalue weighted by molar-refractivity contribution is 5.17. The average molecular weight is 235 g/mol. The molecule has 1 aliphatic rings. The number of aromatic nitrogens is 1. The van der Waals surface area contributed by atoms with Crippen LogP contribution in [-0.2, 0) is 5.60 Å². The van der Waals surface area contributed by atoms with Crippen LogP contribution in [0.4, 0.5) is 0 Å². The van der Waals surface area contributed by atoms with Gasteiger partial charge in [-0.3, -0.25) is 4.79 Å². The minimum atomic E-state index is -1.06. The molecule has 0 atom stereocenters. The van der Waals surface area contributed by atoms with Gasteiger partial charge in [0.25, 0.3) is 5.56 Å². The molecule has 94 valence electrons. The Balaban J connectivity index is 2.38. The van der Waals surface area contributed by atoms with Crippen LogP contribution in [0.2, 0.25) is 0 Å². The second kappa shape index (κ2) is 4.65. The molecule has 1 aliphatic carbocycles. The van der Waals surface area contributed by atoms with Crippen LogP contribution < -0.4 is 5.56 Å². The Morgan fingerprint density at radius 3 is 2.53 bits per heavy atom. The standard InChI is InChI=1S/C14H21NO2/c1-14(2,17)12-9-6-10-15(13(12)16)11-7-4-3-5-8-11/h6,9-11,17H,3-5,7-8H2,1-2H3. The SMILES string of the molecule is CC(C)(O)c1cccn(C2CCCCC2)c1=O. The minimum Gasteiger partial charge on any atom is -0.386 e. The van der Waals surface area contributed by atoms with Gasteiger partial charge in [-0.05, 0) is 38.8 Å². The molecule has 2 rings (SSSR count). The molecule has 0 saturated heterocycles. The van der Waals surface area contributed by atoms with Crippen LogP contribution in [0.1, 0.15) is 57.6 Å². The maximum absolute atomic E-state index is 12.3. The van der Waals surface area contributed by atoms with Crippen LogP contribution in [0.25, 0.3) is 0 Å². The lowest BCUT2D eigenvalue weighted by Crippen LogP contribution is -2.33. The first-order chi connectivity index (χ1) is 8.00. The van der Waals surface area contributed by atoms with Gasteiger partial charge in [-0.1, -0.05) is 19.3 Å². The van der Waals surface area contributed by atoms with Crippen molar-refractivity contribution in [2.45, 2.75) is 57.6 Å². The molecule has 0 bridgehead atoms. The highest BCUT2D eigenvalue weighted by atomic mass is 16.3. The van der Waals surface area contributed by atoms with E-state index in [9.17, 15) is 9.90 Å². The number of pyridine rings is 1. The smallest absolute Gasteiger partial charge is 0.256 e. The van der Waals surface area contributed by atoms with E-state index in [1.165, 1.54) is 19.3 Å². The first kappa shape index (κ1) is 12.4. The van der Waals surface area contributed by atoms with E-state index in [4.69, 9.17) is 0 Å². The zero-order chi connectivity index (χ0) is 12.5. The van der Waals surface area contributed by atoms with E-state index in [-0.39, 0.29) is 5.56 Å².